The molecule has 4 nitrogen and oxygen atoms in total. The summed E-state index contributed by atoms with van der Waals surface area (Å²) >= 11 is 0. The molecule has 4 heteroatoms. The van der Waals surface area contributed by atoms with Crippen LogP contribution in [0.15, 0.2) is 4.99 Å². The standard InChI is InChI=1S/C9H19N.C2N3/c1-2-3-4-7-10-8-5-6-9-10;3-1-5-2-4/h2-9H2,1H3;/q;-1/p+1. The topological polar surface area (TPSA) is 62.9 Å². The summed E-state index contributed by atoms with van der Waals surface area (Å²) in [5.74, 6) is 0. The van der Waals surface area contributed by atoms with Crippen LogP contribution in [0.4, 0.5) is 0 Å². The van der Waals surface area contributed by atoms with Crippen LogP contribution in [0.3, 0.4) is 0 Å². The molecule has 1 saturated heterocycles. The second kappa shape index (κ2) is 10.9. The number of rotatable bonds is 4. The van der Waals surface area contributed by atoms with Crippen LogP contribution in [-0.2, 0) is 0 Å². The van der Waals surface area contributed by atoms with Gasteiger partial charge in [-0.1, -0.05) is 13.3 Å². The van der Waals surface area contributed by atoms with E-state index in [4.69, 9.17) is 10.7 Å². The predicted octanol–water partition coefficient (Wildman–Crippen LogP) is 1.07. The molecule has 0 unspecified atom stereocenters. The number of aliphatic imine (C=N–C) groups is 1. The molecule has 0 aromatic heterocycles. The van der Waals surface area contributed by atoms with Crippen LogP contribution in [0.1, 0.15) is 39.0 Å². The summed E-state index contributed by atoms with van der Waals surface area (Å²) in [6.45, 7) is 6.61. The Kier molecular flexibility index (Phi) is 10.1. The molecule has 0 aliphatic carbocycles. The van der Waals surface area contributed by atoms with Crippen LogP contribution < -0.4 is 4.90 Å². The largest absolute Gasteiger partial charge is 0.422 e. The SMILES string of the molecule is CCCCC[NH+]1CCCC1.N#CN=C=[N-]. The quantitative estimate of drug-likeness (QED) is 0.419. The van der Waals surface area contributed by atoms with Crippen LogP contribution in [0, 0.1) is 11.5 Å². The van der Waals surface area contributed by atoms with Gasteiger partial charge in [0.1, 0.15) is 0 Å². The van der Waals surface area contributed by atoms with Gasteiger partial charge in [0.25, 0.3) is 0 Å². The fourth-order valence-corrected chi connectivity index (χ4v) is 1.77. The van der Waals surface area contributed by atoms with Crippen molar-refractivity contribution in [1.82, 2.24) is 0 Å². The third kappa shape index (κ3) is 9.14. The first-order valence-electron chi connectivity index (χ1n) is 5.66. The molecule has 0 spiro atoms. The van der Waals surface area contributed by atoms with Gasteiger partial charge in [-0.15, -0.1) is 6.01 Å². The van der Waals surface area contributed by atoms with Crippen molar-refractivity contribution in [2.75, 3.05) is 19.6 Å². The molecule has 1 rings (SSSR count). The number of unbranched alkanes of at least 4 members (excludes halogenated alkanes) is 2. The minimum absolute atomic E-state index is 1.28. The van der Waals surface area contributed by atoms with E-state index in [1.54, 1.807) is 0 Å². The van der Waals surface area contributed by atoms with Gasteiger partial charge in [0.05, 0.1) is 25.8 Å². The van der Waals surface area contributed by atoms with Crippen LogP contribution in [0.2, 0.25) is 0 Å². The average molecular weight is 208 g/mol. The van der Waals surface area contributed by atoms with E-state index in [-0.39, 0.29) is 0 Å². The Morgan fingerprint density at radius 1 is 1.33 bits per heavy atom. The first kappa shape index (κ1) is 13.8. The molecule has 0 aromatic rings. The third-order valence-corrected chi connectivity index (χ3v) is 2.54. The zero-order chi connectivity index (χ0) is 11.4. The fraction of sp³-hybridized carbons (Fsp3) is 0.818. The highest BCUT2D eigenvalue weighted by Crippen LogP contribution is 1.92. The van der Waals surface area contributed by atoms with Crippen molar-refractivity contribution >= 4 is 6.01 Å². The maximum absolute atomic E-state index is 7.43. The molecule has 0 aromatic carbocycles. The van der Waals surface area contributed by atoms with Crippen LogP contribution in [-0.4, -0.2) is 25.6 Å². The van der Waals surface area contributed by atoms with E-state index in [0.29, 0.717) is 0 Å². The van der Waals surface area contributed by atoms with Crippen molar-refractivity contribution < 1.29 is 4.90 Å². The lowest BCUT2D eigenvalue weighted by Crippen LogP contribution is -3.09. The highest BCUT2D eigenvalue weighted by atomic mass is 15.1. The van der Waals surface area contributed by atoms with Gasteiger partial charge < -0.3 is 15.3 Å². The van der Waals surface area contributed by atoms with Crippen molar-refractivity contribution in [3.05, 3.63) is 5.41 Å². The van der Waals surface area contributed by atoms with E-state index in [1.165, 1.54) is 63.9 Å². The first-order chi connectivity index (χ1) is 7.35. The molecule has 1 aliphatic heterocycles. The Balaban J connectivity index is 0.000000336. The van der Waals surface area contributed by atoms with E-state index >= 15 is 0 Å². The van der Waals surface area contributed by atoms with Gasteiger partial charge in [0.2, 0.25) is 0 Å². The number of likely N-dealkylation sites (tertiary alicyclic amines) is 1. The molecule has 0 atom stereocenters. The highest BCUT2D eigenvalue weighted by molar-refractivity contribution is 5.46. The molecular weight excluding hydrogens is 188 g/mol. The Morgan fingerprint density at radius 3 is 2.40 bits per heavy atom. The van der Waals surface area contributed by atoms with E-state index in [9.17, 15) is 0 Å². The van der Waals surface area contributed by atoms with E-state index in [0.717, 1.165) is 0 Å². The van der Waals surface area contributed by atoms with Crippen LogP contribution >= 0.6 is 0 Å². The molecular formula is C11H20N4. The highest BCUT2D eigenvalue weighted by Gasteiger charge is 2.13. The van der Waals surface area contributed by atoms with E-state index < -0.39 is 0 Å². The number of hydrogen-bond acceptors (Lipinski definition) is 2. The lowest BCUT2D eigenvalue weighted by Gasteiger charge is -2.10. The Morgan fingerprint density at radius 2 is 2.00 bits per heavy atom. The Hall–Kier alpha value is -1.17. The summed E-state index contributed by atoms with van der Waals surface area (Å²) < 4.78 is 0. The second-order valence-corrected chi connectivity index (χ2v) is 3.73. The maximum atomic E-state index is 7.43. The van der Waals surface area contributed by atoms with Gasteiger partial charge in [-0.2, -0.15) is 5.26 Å². The zero-order valence-electron chi connectivity index (χ0n) is 9.50. The number of quaternary nitrogens is 1. The first-order valence-corrected chi connectivity index (χ1v) is 5.66. The number of nitrogens with one attached hydrogen (secondary N) is 1. The normalized spacial score (nSPS) is 14.7. The Labute approximate surface area is 92.1 Å². The average Bonchev–Trinajstić information content (AvgIpc) is 2.73. The van der Waals surface area contributed by atoms with Crippen molar-refractivity contribution in [1.29, 1.82) is 5.26 Å². The molecule has 1 N–H and O–H groups in total. The monoisotopic (exact) mass is 208 g/mol. The lowest BCUT2D eigenvalue weighted by atomic mass is 10.2. The molecule has 0 amide bonds. The van der Waals surface area contributed by atoms with Gasteiger partial charge in [0, 0.05) is 12.8 Å². The summed E-state index contributed by atoms with van der Waals surface area (Å²) in [5.41, 5.74) is 0. The second-order valence-electron chi connectivity index (χ2n) is 3.73. The van der Waals surface area contributed by atoms with Gasteiger partial charge in [0.15, 0.2) is 0 Å². The minimum Gasteiger partial charge on any atom is -0.422 e. The molecule has 1 heterocycles. The fourth-order valence-electron chi connectivity index (χ4n) is 1.77. The van der Waals surface area contributed by atoms with Crippen molar-refractivity contribution in [2.24, 2.45) is 4.99 Å². The maximum Gasteiger partial charge on any atom is 0.0925 e. The van der Waals surface area contributed by atoms with Gasteiger partial charge in [-0.05, 0) is 12.8 Å². The molecule has 0 radical (unpaired) electrons. The predicted molar refractivity (Wildman–Crippen MR) is 60.7 cm³/mol. The van der Waals surface area contributed by atoms with E-state index in [2.05, 4.69) is 11.9 Å². The van der Waals surface area contributed by atoms with Gasteiger partial charge in [-0.3, -0.25) is 0 Å². The summed E-state index contributed by atoms with van der Waals surface area (Å²) in [7, 11) is 0. The Bertz CT molecular complexity index is 219. The van der Waals surface area contributed by atoms with Gasteiger partial charge in [-0.25, -0.2) is 0 Å². The smallest absolute Gasteiger partial charge is 0.0925 e. The summed E-state index contributed by atoms with van der Waals surface area (Å²) in [6.07, 6.45) is 8.48. The van der Waals surface area contributed by atoms with E-state index in [1.807, 2.05) is 4.90 Å². The van der Waals surface area contributed by atoms with Crippen molar-refractivity contribution in [3.8, 4) is 6.19 Å². The van der Waals surface area contributed by atoms with Gasteiger partial charge >= 0.3 is 0 Å². The summed E-state index contributed by atoms with van der Waals surface area (Å²) in [5, 5.41) is 14.9. The number of nitriles is 1. The molecule has 0 saturated carbocycles. The van der Waals surface area contributed by atoms with Crippen molar-refractivity contribution in [3.63, 3.8) is 0 Å². The molecule has 15 heavy (non-hydrogen) atoms. The third-order valence-electron chi connectivity index (χ3n) is 2.54. The molecule has 0 bridgehead atoms. The minimum atomic E-state index is 1.28. The van der Waals surface area contributed by atoms with Crippen LogP contribution in [0.5, 0.6) is 0 Å². The number of hydrogen-bond donors (Lipinski definition) is 1. The molecule has 84 valence electrons. The number of nitrogens with zero attached hydrogens (tertiary/aromatic N) is 3. The molecule has 1 aliphatic rings. The zero-order valence-corrected chi connectivity index (χ0v) is 9.50. The molecule has 1 fully saturated rings. The van der Waals surface area contributed by atoms with Crippen LogP contribution in [0.25, 0.3) is 5.41 Å². The van der Waals surface area contributed by atoms with Crippen molar-refractivity contribution in [2.45, 2.75) is 39.0 Å². The summed E-state index contributed by atoms with van der Waals surface area (Å²) in [4.78, 5) is 4.44. The summed E-state index contributed by atoms with van der Waals surface area (Å²) in [6, 6.07) is 1.28. The lowest BCUT2D eigenvalue weighted by molar-refractivity contribution is -0.887.